The van der Waals surface area contributed by atoms with Crippen LogP contribution < -0.4 is 11.2 Å². The molecule has 5 nitrogen and oxygen atoms in total. The van der Waals surface area contributed by atoms with Crippen molar-refractivity contribution in [2.45, 2.75) is 45.4 Å². The quantitative estimate of drug-likeness (QED) is 0.927. The molecule has 1 saturated carbocycles. The number of hydrogen-bond acceptors (Lipinski definition) is 4. The van der Waals surface area contributed by atoms with Crippen molar-refractivity contribution in [1.82, 2.24) is 9.97 Å². The Hall–Kier alpha value is -1.91. The molecule has 2 aromatic heterocycles. The van der Waals surface area contributed by atoms with Gasteiger partial charge in [0.15, 0.2) is 0 Å². The van der Waals surface area contributed by atoms with Crippen molar-refractivity contribution < 1.29 is 4.42 Å². The molecule has 3 rings (SSSR count). The number of aromatic nitrogens is 2. The van der Waals surface area contributed by atoms with Gasteiger partial charge in [-0.1, -0.05) is 26.2 Å². The van der Waals surface area contributed by atoms with Crippen LogP contribution >= 0.6 is 0 Å². The van der Waals surface area contributed by atoms with Crippen LogP contribution in [0.4, 0.5) is 0 Å². The lowest BCUT2D eigenvalue weighted by atomic mass is 9.81. The molecule has 0 radical (unpaired) electrons. The number of fused-ring (bicyclic) bond motifs is 1. The van der Waals surface area contributed by atoms with Crippen LogP contribution in [-0.2, 0) is 12.8 Å². The van der Waals surface area contributed by atoms with E-state index in [0.29, 0.717) is 17.6 Å². The molecule has 0 amide bonds. The van der Waals surface area contributed by atoms with Crippen LogP contribution in [0.25, 0.3) is 11.1 Å². The van der Waals surface area contributed by atoms with E-state index in [1.165, 1.54) is 25.3 Å². The van der Waals surface area contributed by atoms with E-state index in [2.05, 4.69) is 9.97 Å². The van der Waals surface area contributed by atoms with Crippen LogP contribution in [0.3, 0.4) is 0 Å². The summed E-state index contributed by atoms with van der Waals surface area (Å²) < 4.78 is 5.09. The molecule has 1 N–H and O–H groups in total. The summed E-state index contributed by atoms with van der Waals surface area (Å²) in [5.74, 6) is 1.28. The summed E-state index contributed by atoms with van der Waals surface area (Å²) in [5, 5.41) is 0.432. The van der Waals surface area contributed by atoms with E-state index in [9.17, 15) is 9.59 Å². The van der Waals surface area contributed by atoms with E-state index in [0.717, 1.165) is 24.3 Å². The Morgan fingerprint density at radius 2 is 2.20 bits per heavy atom. The Bertz CT molecular complexity index is 741. The SMILES string of the molecule is CCc1nc2oc(=O)cc(CCC3CCC3)c2c(=O)[nH]1. The van der Waals surface area contributed by atoms with Crippen molar-refractivity contribution in [3.8, 4) is 0 Å². The van der Waals surface area contributed by atoms with Gasteiger partial charge in [-0.25, -0.2) is 4.79 Å². The molecule has 0 spiro atoms. The first-order valence-corrected chi connectivity index (χ1v) is 7.23. The smallest absolute Gasteiger partial charge is 0.337 e. The second kappa shape index (κ2) is 5.23. The zero-order valence-corrected chi connectivity index (χ0v) is 11.6. The molecule has 1 aliphatic rings. The third-order valence-corrected chi connectivity index (χ3v) is 4.13. The Kier molecular flexibility index (Phi) is 3.42. The Morgan fingerprint density at radius 1 is 1.40 bits per heavy atom. The molecule has 0 saturated heterocycles. The largest absolute Gasteiger partial charge is 0.403 e. The molecule has 0 unspecified atom stereocenters. The van der Waals surface area contributed by atoms with E-state index in [4.69, 9.17) is 4.42 Å². The zero-order valence-electron chi connectivity index (χ0n) is 11.6. The topological polar surface area (TPSA) is 76.0 Å². The molecule has 1 fully saturated rings. The summed E-state index contributed by atoms with van der Waals surface area (Å²) in [7, 11) is 0. The van der Waals surface area contributed by atoms with Crippen LogP contribution in [0.5, 0.6) is 0 Å². The third-order valence-electron chi connectivity index (χ3n) is 4.13. The van der Waals surface area contributed by atoms with E-state index in [1.54, 1.807) is 0 Å². The lowest BCUT2D eigenvalue weighted by Crippen LogP contribution is -2.17. The van der Waals surface area contributed by atoms with Gasteiger partial charge in [-0.05, 0) is 24.3 Å². The summed E-state index contributed by atoms with van der Waals surface area (Å²) in [5.41, 5.74) is 0.293. The van der Waals surface area contributed by atoms with E-state index >= 15 is 0 Å². The first-order valence-electron chi connectivity index (χ1n) is 7.23. The molecule has 2 heterocycles. The zero-order chi connectivity index (χ0) is 14.1. The maximum absolute atomic E-state index is 12.2. The summed E-state index contributed by atoms with van der Waals surface area (Å²) in [6.07, 6.45) is 6.17. The predicted octanol–water partition coefficient (Wildman–Crippen LogP) is 2.17. The minimum absolute atomic E-state index is 0.168. The summed E-state index contributed by atoms with van der Waals surface area (Å²) in [6.45, 7) is 1.89. The second-order valence-corrected chi connectivity index (χ2v) is 5.47. The number of hydrogen-bond donors (Lipinski definition) is 1. The number of nitrogens with zero attached hydrogens (tertiary/aromatic N) is 1. The van der Waals surface area contributed by atoms with Gasteiger partial charge in [0, 0.05) is 12.5 Å². The van der Waals surface area contributed by atoms with Crippen molar-refractivity contribution in [1.29, 1.82) is 0 Å². The van der Waals surface area contributed by atoms with Crippen molar-refractivity contribution in [3.05, 3.63) is 38.2 Å². The minimum atomic E-state index is -0.429. The normalized spacial score (nSPS) is 15.4. The van der Waals surface area contributed by atoms with Gasteiger partial charge in [0.2, 0.25) is 5.71 Å². The van der Waals surface area contributed by atoms with Gasteiger partial charge in [-0.15, -0.1) is 0 Å². The van der Waals surface area contributed by atoms with Crippen molar-refractivity contribution in [2.75, 3.05) is 0 Å². The fourth-order valence-corrected chi connectivity index (χ4v) is 2.70. The molecule has 0 bridgehead atoms. The molecule has 2 aromatic rings. The molecule has 20 heavy (non-hydrogen) atoms. The number of nitrogens with one attached hydrogen (secondary N) is 1. The number of rotatable bonds is 4. The molecule has 5 heteroatoms. The summed E-state index contributed by atoms with van der Waals surface area (Å²) in [4.78, 5) is 30.7. The fourth-order valence-electron chi connectivity index (χ4n) is 2.70. The van der Waals surface area contributed by atoms with Crippen LogP contribution in [0.2, 0.25) is 0 Å². The van der Waals surface area contributed by atoms with Gasteiger partial charge in [0.25, 0.3) is 5.56 Å². The number of H-pyrrole nitrogens is 1. The van der Waals surface area contributed by atoms with Crippen molar-refractivity contribution >= 4 is 11.1 Å². The number of aryl methyl sites for hydroxylation is 2. The monoisotopic (exact) mass is 274 g/mol. The lowest BCUT2D eigenvalue weighted by Gasteiger charge is -2.25. The van der Waals surface area contributed by atoms with Gasteiger partial charge in [-0.2, -0.15) is 4.98 Å². The highest BCUT2D eigenvalue weighted by Gasteiger charge is 2.19. The molecule has 0 aromatic carbocycles. The predicted molar refractivity (Wildman–Crippen MR) is 75.9 cm³/mol. The van der Waals surface area contributed by atoms with Crippen LogP contribution in [-0.4, -0.2) is 9.97 Å². The Balaban J connectivity index is 2.05. The van der Waals surface area contributed by atoms with Crippen molar-refractivity contribution in [2.24, 2.45) is 5.92 Å². The maximum Gasteiger partial charge on any atom is 0.337 e. The van der Waals surface area contributed by atoms with E-state index in [1.807, 2.05) is 6.92 Å². The maximum atomic E-state index is 12.2. The molecular formula is C15H18N2O3. The van der Waals surface area contributed by atoms with Crippen molar-refractivity contribution in [3.63, 3.8) is 0 Å². The van der Waals surface area contributed by atoms with Gasteiger partial charge < -0.3 is 9.40 Å². The summed E-state index contributed by atoms with van der Waals surface area (Å²) >= 11 is 0. The Morgan fingerprint density at radius 3 is 2.85 bits per heavy atom. The first kappa shape index (κ1) is 13.1. The van der Waals surface area contributed by atoms with Crippen LogP contribution in [0, 0.1) is 5.92 Å². The lowest BCUT2D eigenvalue weighted by molar-refractivity contribution is 0.296. The van der Waals surface area contributed by atoms with Crippen LogP contribution in [0.15, 0.2) is 20.1 Å². The van der Waals surface area contributed by atoms with Gasteiger partial charge in [-0.3, -0.25) is 4.79 Å². The minimum Gasteiger partial charge on any atom is -0.403 e. The second-order valence-electron chi connectivity index (χ2n) is 5.47. The molecule has 0 aliphatic heterocycles. The average molecular weight is 274 g/mol. The molecular weight excluding hydrogens is 256 g/mol. The van der Waals surface area contributed by atoms with Gasteiger partial charge >= 0.3 is 5.63 Å². The molecule has 106 valence electrons. The highest BCUT2D eigenvalue weighted by Crippen LogP contribution is 2.30. The van der Waals surface area contributed by atoms with Crippen LogP contribution in [0.1, 0.15) is 44.0 Å². The van der Waals surface area contributed by atoms with Gasteiger partial charge in [0.05, 0.1) is 0 Å². The highest BCUT2D eigenvalue weighted by atomic mass is 16.4. The van der Waals surface area contributed by atoms with E-state index in [-0.39, 0.29) is 11.3 Å². The molecule has 1 aliphatic carbocycles. The fraction of sp³-hybridized carbons (Fsp3) is 0.533. The average Bonchev–Trinajstić information content (AvgIpc) is 2.35. The van der Waals surface area contributed by atoms with Gasteiger partial charge in [0.1, 0.15) is 11.2 Å². The highest BCUT2D eigenvalue weighted by molar-refractivity contribution is 5.75. The third kappa shape index (κ3) is 2.40. The number of aromatic amines is 1. The standard InChI is InChI=1S/C15H18N2O3/c1-2-11-16-14(19)13-10(7-6-9-4-3-5-9)8-12(18)20-15(13)17-11/h8-9H,2-7H2,1H3,(H,16,17,19). The first-order chi connectivity index (χ1) is 9.67. The summed E-state index contributed by atoms with van der Waals surface area (Å²) in [6, 6.07) is 1.43. The Labute approximate surface area is 116 Å². The van der Waals surface area contributed by atoms with E-state index < -0.39 is 5.63 Å². The molecule has 0 atom stereocenters.